The van der Waals surface area contributed by atoms with Gasteiger partial charge in [-0.05, 0) is 26.0 Å². The summed E-state index contributed by atoms with van der Waals surface area (Å²) < 4.78 is 0. The van der Waals surface area contributed by atoms with E-state index in [1.807, 2.05) is 6.07 Å². The number of aromatic nitrogens is 2. The Morgan fingerprint density at radius 3 is 2.73 bits per heavy atom. The standard InChI is InChI=1S/C19H27N5OS/c1-14-3-5-15(6-4-14)13-26-19-21-17(20)11-18(22-19)24-9-8-23(2)16(12-24)7-10-25/h3-6,11,16,25H,7-10,12-13H2,1-2H3,(H2,20,21,22). The molecule has 0 bridgehead atoms. The van der Waals surface area contributed by atoms with E-state index < -0.39 is 0 Å². The first-order valence-corrected chi connectivity index (χ1v) is 9.92. The lowest BCUT2D eigenvalue weighted by atomic mass is 10.1. The largest absolute Gasteiger partial charge is 0.396 e. The van der Waals surface area contributed by atoms with E-state index in [4.69, 9.17) is 10.7 Å². The number of likely N-dealkylation sites (N-methyl/N-ethyl adjacent to an activating group) is 1. The lowest BCUT2D eigenvalue weighted by Crippen LogP contribution is -2.52. The number of nitrogens with zero attached hydrogens (tertiary/aromatic N) is 4. The summed E-state index contributed by atoms with van der Waals surface area (Å²) in [5, 5.41) is 9.99. The van der Waals surface area contributed by atoms with Crippen molar-refractivity contribution >= 4 is 23.4 Å². The lowest BCUT2D eigenvalue weighted by molar-refractivity contribution is 0.170. The molecule has 0 spiro atoms. The fraction of sp³-hybridized carbons (Fsp3) is 0.474. The molecule has 1 fully saturated rings. The van der Waals surface area contributed by atoms with Crippen LogP contribution in [0.3, 0.4) is 0 Å². The van der Waals surface area contributed by atoms with Crippen molar-refractivity contribution in [1.29, 1.82) is 0 Å². The Morgan fingerprint density at radius 1 is 1.23 bits per heavy atom. The van der Waals surface area contributed by atoms with E-state index in [9.17, 15) is 5.11 Å². The minimum absolute atomic E-state index is 0.201. The molecule has 0 radical (unpaired) electrons. The number of rotatable bonds is 6. The average molecular weight is 374 g/mol. The van der Waals surface area contributed by atoms with Crippen LogP contribution >= 0.6 is 11.8 Å². The Morgan fingerprint density at radius 2 is 2.00 bits per heavy atom. The maximum atomic E-state index is 9.28. The highest BCUT2D eigenvalue weighted by atomic mass is 32.2. The molecule has 3 rings (SSSR count). The molecular weight excluding hydrogens is 346 g/mol. The second-order valence-corrected chi connectivity index (χ2v) is 7.74. The van der Waals surface area contributed by atoms with Crippen LogP contribution < -0.4 is 10.6 Å². The zero-order chi connectivity index (χ0) is 18.5. The minimum Gasteiger partial charge on any atom is -0.396 e. The Hall–Kier alpha value is -1.83. The molecule has 1 atom stereocenters. The van der Waals surface area contributed by atoms with E-state index in [2.05, 4.69) is 53.0 Å². The number of hydrogen-bond acceptors (Lipinski definition) is 7. The van der Waals surface area contributed by atoms with Crippen molar-refractivity contribution in [2.75, 3.05) is 43.9 Å². The van der Waals surface area contributed by atoms with Crippen LogP contribution in [0, 0.1) is 6.92 Å². The second kappa shape index (κ2) is 8.70. The van der Waals surface area contributed by atoms with Gasteiger partial charge in [-0.15, -0.1) is 0 Å². The number of aryl methyl sites for hydroxylation is 1. The number of thioether (sulfide) groups is 1. The molecule has 1 aliphatic heterocycles. The highest BCUT2D eigenvalue weighted by Crippen LogP contribution is 2.25. The van der Waals surface area contributed by atoms with E-state index in [-0.39, 0.29) is 6.61 Å². The molecule has 2 heterocycles. The van der Waals surface area contributed by atoms with Gasteiger partial charge in [-0.1, -0.05) is 41.6 Å². The fourth-order valence-electron chi connectivity index (χ4n) is 3.10. The van der Waals surface area contributed by atoms with Gasteiger partial charge in [-0.2, -0.15) is 0 Å². The third-order valence-electron chi connectivity index (χ3n) is 4.76. The molecule has 1 saturated heterocycles. The van der Waals surface area contributed by atoms with Crippen LogP contribution in [0.15, 0.2) is 35.5 Å². The number of nitrogens with two attached hydrogens (primary N) is 1. The monoisotopic (exact) mass is 373 g/mol. The normalized spacial score (nSPS) is 18.3. The first-order chi connectivity index (χ1) is 12.5. The van der Waals surface area contributed by atoms with E-state index >= 15 is 0 Å². The molecule has 7 heteroatoms. The highest BCUT2D eigenvalue weighted by molar-refractivity contribution is 7.98. The van der Waals surface area contributed by atoms with E-state index in [0.717, 1.165) is 37.6 Å². The molecule has 1 aromatic heterocycles. The average Bonchev–Trinajstić information content (AvgIpc) is 2.63. The van der Waals surface area contributed by atoms with Gasteiger partial charge >= 0.3 is 0 Å². The van der Waals surface area contributed by atoms with Crippen LogP contribution in [0.2, 0.25) is 0 Å². The van der Waals surface area contributed by atoms with E-state index in [1.165, 1.54) is 11.1 Å². The summed E-state index contributed by atoms with van der Waals surface area (Å²) in [6.45, 7) is 4.98. The summed E-state index contributed by atoms with van der Waals surface area (Å²) in [5.41, 5.74) is 8.54. The van der Waals surface area contributed by atoms with Gasteiger partial charge < -0.3 is 15.7 Å². The zero-order valence-electron chi connectivity index (χ0n) is 15.4. The number of nitrogen functional groups attached to an aromatic ring is 1. The van der Waals surface area contributed by atoms with Crippen molar-refractivity contribution in [3.05, 3.63) is 41.5 Å². The second-order valence-electron chi connectivity index (χ2n) is 6.80. The van der Waals surface area contributed by atoms with Gasteiger partial charge in [0.25, 0.3) is 0 Å². The van der Waals surface area contributed by atoms with Crippen LogP contribution in [-0.4, -0.2) is 59.3 Å². The fourth-order valence-corrected chi connectivity index (χ4v) is 3.92. The molecule has 1 unspecified atom stereocenters. The summed E-state index contributed by atoms with van der Waals surface area (Å²) in [5.74, 6) is 2.19. The number of piperazine rings is 1. The Balaban J connectivity index is 1.69. The summed E-state index contributed by atoms with van der Waals surface area (Å²) in [6.07, 6.45) is 0.766. The predicted octanol–water partition coefficient (Wildman–Crippen LogP) is 2.16. The van der Waals surface area contributed by atoms with Crippen molar-refractivity contribution in [1.82, 2.24) is 14.9 Å². The number of aliphatic hydroxyl groups excluding tert-OH is 1. The van der Waals surface area contributed by atoms with Crippen LogP contribution in [0.25, 0.3) is 0 Å². The van der Waals surface area contributed by atoms with Crippen molar-refractivity contribution in [3.8, 4) is 0 Å². The first kappa shape index (κ1) is 18.9. The van der Waals surface area contributed by atoms with Crippen LogP contribution in [0.1, 0.15) is 17.5 Å². The van der Waals surface area contributed by atoms with Crippen molar-refractivity contribution < 1.29 is 5.11 Å². The smallest absolute Gasteiger partial charge is 0.191 e. The van der Waals surface area contributed by atoms with Gasteiger partial charge in [0.1, 0.15) is 11.6 Å². The third-order valence-corrected chi connectivity index (χ3v) is 5.68. The summed E-state index contributed by atoms with van der Waals surface area (Å²) in [4.78, 5) is 13.7. The number of hydrogen-bond donors (Lipinski definition) is 2. The maximum Gasteiger partial charge on any atom is 0.191 e. The van der Waals surface area contributed by atoms with Gasteiger partial charge in [-0.25, -0.2) is 9.97 Å². The molecule has 140 valence electrons. The number of anilines is 2. The summed E-state index contributed by atoms with van der Waals surface area (Å²) in [7, 11) is 2.11. The molecule has 2 aromatic rings. The molecule has 6 nitrogen and oxygen atoms in total. The molecule has 3 N–H and O–H groups in total. The van der Waals surface area contributed by atoms with Crippen molar-refractivity contribution in [2.24, 2.45) is 0 Å². The van der Waals surface area contributed by atoms with Gasteiger partial charge in [0.2, 0.25) is 0 Å². The van der Waals surface area contributed by atoms with Gasteiger partial charge in [-0.3, -0.25) is 4.90 Å². The molecule has 1 aliphatic rings. The SMILES string of the molecule is Cc1ccc(CSc2nc(N)cc(N3CCN(C)C(CCO)C3)n2)cc1. The number of benzene rings is 1. The third kappa shape index (κ3) is 4.87. The van der Waals surface area contributed by atoms with Crippen molar-refractivity contribution in [2.45, 2.75) is 30.3 Å². The Kier molecular flexibility index (Phi) is 6.34. The molecule has 0 saturated carbocycles. The van der Waals surface area contributed by atoms with Crippen LogP contribution in [0.4, 0.5) is 11.6 Å². The summed E-state index contributed by atoms with van der Waals surface area (Å²) >= 11 is 1.60. The van der Waals surface area contributed by atoms with Gasteiger partial charge in [0.05, 0.1) is 0 Å². The Bertz CT molecular complexity index is 724. The quantitative estimate of drug-likeness (QED) is 0.593. The minimum atomic E-state index is 0.201. The van der Waals surface area contributed by atoms with Gasteiger partial charge in [0.15, 0.2) is 5.16 Å². The predicted molar refractivity (Wildman–Crippen MR) is 108 cm³/mol. The highest BCUT2D eigenvalue weighted by Gasteiger charge is 2.25. The van der Waals surface area contributed by atoms with Crippen LogP contribution in [-0.2, 0) is 5.75 Å². The molecule has 0 aliphatic carbocycles. The first-order valence-electron chi connectivity index (χ1n) is 8.94. The topological polar surface area (TPSA) is 78.5 Å². The Labute approximate surface area is 159 Å². The zero-order valence-corrected chi connectivity index (χ0v) is 16.2. The maximum absolute atomic E-state index is 9.28. The molecular formula is C19H27N5OS. The summed E-state index contributed by atoms with van der Waals surface area (Å²) in [6, 6.07) is 10.7. The molecule has 0 amide bonds. The molecule has 26 heavy (non-hydrogen) atoms. The van der Waals surface area contributed by atoms with E-state index in [0.29, 0.717) is 17.0 Å². The lowest BCUT2D eigenvalue weighted by Gasteiger charge is -2.40. The molecule has 1 aromatic carbocycles. The van der Waals surface area contributed by atoms with Gasteiger partial charge in [0, 0.05) is 44.1 Å². The van der Waals surface area contributed by atoms with Crippen molar-refractivity contribution in [3.63, 3.8) is 0 Å². The van der Waals surface area contributed by atoms with Crippen LogP contribution in [0.5, 0.6) is 0 Å². The van der Waals surface area contributed by atoms with E-state index in [1.54, 1.807) is 11.8 Å². The number of aliphatic hydroxyl groups is 1.